The number of carbonyl (C=O) groups is 2. The number of carbonyl (C=O) groups excluding carboxylic acids is 2. The number of hydrogen-bond acceptors (Lipinski definition) is 6. The first-order valence-electron chi connectivity index (χ1n) is 6.94. The van der Waals surface area contributed by atoms with E-state index in [0.717, 1.165) is 11.8 Å². The maximum atomic E-state index is 12.2. The fourth-order valence-corrected chi connectivity index (χ4v) is 3.01. The molecule has 22 heavy (non-hydrogen) atoms. The highest BCUT2D eigenvalue weighted by Gasteiger charge is 2.31. The van der Waals surface area contributed by atoms with Gasteiger partial charge in [0, 0.05) is 33.4 Å². The number of aromatic nitrogens is 3. The van der Waals surface area contributed by atoms with Crippen molar-refractivity contribution in [2.24, 2.45) is 0 Å². The van der Waals surface area contributed by atoms with Crippen molar-refractivity contribution in [1.29, 1.82) is 0 Å². The Hall–Kier alpha value is -1.81. The first kappa shape index (κ1) is 16.6. The minimum atomic E-state index is -0.514. The lowest BCUT2D eigenvalue weighted by molar-refractivity contribution is -0.126. The van der Waals surface area contributed by atoms with Crippen LogP contribution in [0.5, 0.6) is 0 Å². The standard InChI is InChI=1S/C12H19N5O4S/c1-8(9(18)16-6-4-13-10(16)19)22-12-15-14-11(20)17(12)5-3-7-21-2/h8H,3-7H2,1-2H3,(H,13,19)(H,14,20)/t8-/m0/s1. The molecular weight excluding hydrogens is 310 g/mol. The van der Waals surface area contributed by atoms with Crippen LogP contribution < -0.4 is 11.0 Å². The SMILES string of the molecule is COCCCn1c(S[C@@H](C)C(=O)N2CCNC2=O)n[nH]c1=O. The number of nitrogens with one attached hydrogen (secondary N) is 2. The van der Waals surface area contributed by atoms with Crippen molar-refractivity contribution in [2.45, 2.75) is 30.3 Å². The van der Waals surface area contributed by atoms with E-state index in [1.807, 2.05) is 0 Å². The molecule has 2 N–H and O–H groups in total. The Balaban J connectivity index is 2.02. The molecule has 1 atom stereocenters. The zero-order chi connectivity index (χ0) is 16.1. The number of imide groups is 1. The van der Waals surface area contributed by atoms with Gasteiger partial charge in [0.15, 0.2) is 5.16 Å². The number of amides is 3. The molecule has 0 aromatic carbocycles. The van der Waals surface area contributed by atoms with E-state index >= 15 is 0 Å². The number of H-pyrrole nitrogens is 1. The summed E-state index contributed by atoms with van der Waals surface area (Å²) >= 11 is 1.15. The van der Waals surface area contributed by atoms with Crippen LogP contribution in [-0.4, -0.2) is 63.7 Å². The number of ether oxygens (including phenoxy) is 1. The van der Waals surface area contributed by atoms with Crippen molar-refractivity contribution < 1.29 is 14.3 Å². The van der Waals surface area contributed by atoms with E-state index in [-0.39, 0.29) is 17.6 Å². The predicted molar refractivity (Wildman–Crippen MR) is 79.8 cm³/mol. The van der Waals surface area contributed by atoms with Crippen LogP contribution in [0, 0.1) is 0 Å². The lowest BCUT2D eigenvalue weighted by atomic mass is 10.4. The van der Waals surface area contributed by atoms with Crippen LogP contribution in [0.25, 0.3) is 0 Å². The molecule has 9 nitrogen and oxygen atoms in total. The molecule has 0 radical (unpaired) electrons. The Morgan fingerprint density at radius 3 is 2.91 bits per heavy atom. The van der Waals surface area contributed by atoms with E-state index < -0.39 is 5.25 Å². The molecule has 0 spiro atoms. The van der Waals surface area contributed by atoms with E-state index in [0.29, 0.717) is 37.8 Å². The molecule has 2 rings (SSSR count). The molecule has 122 valence electrons. The second-order valence-corrected chi connectivity index (χ2v) is 6.10. The van der Waals surface area contributed by atoms with Crippen molar-refractivity contribution in [3.63, 3.8) is 0 Å². The number of thioether (sulfide) groups is 1. The van der Waals surface area contributed by atoms with Gasteiger partial charge in [0.25, 0.3) is 0 Å². The zero-order valence-electron chi connectivity index (χ0n) is 12.5. The van der Waals surface area contributed by atoms with Crippen LogP contribution in [0.4, 0.5) is 4.79 Å². The lowest BCUT2D eigenvalue weighted by Gasteiger charge is -2.17. The number of methoxy groups -OCH3 is 1. The van der Waals surface area contributed by atoms with Gasteiger partial charge in [0.2, 0.25) is 5.91 Å². The minimum absolute atomic E-state index is 0.293. The minimum Gasteiger partial charge on any atom is -0.385 e. The quantitative estimate of drug-likeness (QED) is 0.522. The Labute approximate surface area is 131 Å². The lowest BCUT2D eigenvalue weighted by Crippen LogP contribution is -2.39. The zero-order valence-corrected chi connectivity index (χ0v) is 13.3. The summed E-state index contributed by atoms with van der Waals surface area (Å²) in [5.74, 6) is -0.293. The van der Waals surface area contributed by atoms with E-state index in [4.69, 9.17) is 4.74 Å². The fourth-order valence-electron chi connectivity index (χ4n) is 2.07. The topological polar surface area (TPSA) is 109 Å². The van der Waals surface area contributed by atoms with Gasteiger partial charge in [-0.2, -0.15) is 0 Å². The molecular formula is C12H19N5O4S. The van der Waals surface area contributed by atoms with Gasteiger partial charge < -0.3 is 10.1 Å². The summed E-state index contributed by atoms with van der Waals surface area (Å²) in [5, 5.41) is 8.82. The summed E-state index contributed by atoms with van der Waals surface area (Å²) in [5.41, 5.74) is -0.322. The smallest absolute Gasteiger partial charge is 0.343 e. The number of aromatic amines is 1. The summed E-state index contributed by atoms with van der Waals surface area (Å²) in [6.45, 7) is 3.51. The summed E-state index contributed by atoms with van der Waals surface area (Å²) in [7, 11) is 1.59. The van der Waals surface area contributed by atoms with Gasteiger partial charge in [-0.15, -0.1) is 5.10 Å². The van der Waals surface area contributed by atoms with Crippen molar-refractivity contribution in [1.82, 2.24) is 25.0 Å². The molecule has 0 aliphatic carbocycles. The first-order valence-corrected chi connectivity index (χ1v) is 7.82. The Morgan fingerprint density at radius 1 is 1.50 bits per heavy atom. The van der Waals surface area contributed by atoms with Gasteiger partial charge in [0.1, 0.15) is 0 Å². The molecule has 2 heterocycles. The number of nitrogens with zero attached hydrogens (tertiary/aromatic N) is 3. The molecule has 1 aliphatic heterocycles. The average Bonchev–Trinajstić information content (AvgIpc) is 3.06. The van der Waals surface area contributed by atoms with Gasteiger partial charge in [-0.3, -0.25) is 14.3 Å². The molecule has 0 bridgehead atoms. The predicted octanol–water partition coefficient (Wildman–Crippen LogP) is -0.360. The summed E-state index contributed by atoms with van der Waals surface area (Å²) in [6.07, 6.45) is 0.667. The normalized spacial score (nSPS) is 15.9. The molecule has 0 saturated carbocycles. The van der Waals surface area contributed by atoms with Gasteiger partial charge in [-0.1, -0.05) is 11.8 Å². The second kappa shape index (κ2) is 7.45. The maximum absolute atomic E-state index is 12.2. The van der Waals surface area contributed by atoms with Crippen molar-refractivity contribution >= 4 is 23.7 Å². The molecule has 1 fully saturated rings. The fraction of sp³-hybridized carbons (Fsp3) is 0.667. The van der Waals surface area contributed by atoms with E-state index in [9.17, 15) is 14.4 Å². The molecule has 1 aliphatic rings. The number of rotatable bonds is 7. The molecule has 1 aromatic heterocycles. The van der Waals surface area contributed by atoms with Gasteiger partial charge in [0.05, 0.1) is 5.25 Å². The Kier molecular flexibility index (Phi) is 5.61. The molecule has 3 amide bonds. The highest BCUT2D eigenvalue weighted by atomic mass is 32.2. The Morgan fingerprint density at radius 2 is 2.27 bits per heavy atom. The van der Waals surface area contributed by atoms with Crippen LogP contribution in [0.1, 0.15) is 13.3 Å². The first-order chi connectivity index (χ1) is 10.5. The van der Waals surface area contributed by atoms with Crippen LogP contribution in [0.2, 0.25) is 0 Å². The number of hydrogen-bond donors (Lipinski definition) is 2. The van der Waals surface area contributed by atoms with Gasteiger partial charge in [-0.05, 0) is 13.3 Å². The summed E-state index contributed by atoms with van der Waals surface area (Å²) in [6, 6.07) is -0.378. The number of urea groups is 1. The molecule has 1 saturated heterocycles. The van der Waals surface area contributed by atoms with E-state index in [1.54, 1.807) is 14.0 Å². The van der Waals surface area contributed by atoms with Crippen LogP contribution in [0.3, 0.4) is 0 Å². The van der Waals surface area contributed by atoms with Crippen molar-refractivity contribution in [3.05, 3.63) is 10.5 Å². The van der Waals surface area contributed by atoms with Crippen LogP contribution >= 0.6 is 11.8 Å². The largest absolute Gasteiger partial charge is 0.385 e. The van der Waals surface area contributed by atoms with Crippen LogP contribution in [0.15, 0.2) is 9.95 Å². The van der Waals surface area contributed by atoms with E-state index in [2.05, 4.69) is 15.5 Å². The molecule has 10 heteroatoms. The average molecular weight is 329 g/mol. The van der Waals surface area contributed by atoms with Crippen molar-refractivity contribution in [3.8, 4) is 0 Å². The van der Waals surface area contributed by atoms with Gasteiger partial charge >= 0.3 is 11.7 Å². The third-order valence-corrected chi connectivity index (χ3v) is 4.28. The van der Waals surface area contributed by atoms with Crippen molar-refractivity contribution in [2.75, 3.05) is 26.8 Å². The maximum Gasteiger partial charge on any atom is 0.343 e. The monoisotopic (exact) mass is 329 g/mol. The highest BCUT2D eigenvalue weighted by molar-refractivity contribution is 8.00. The third kappa shape index (κ3) is 3.69. The van der Waals surface area contributed by atoms with Crippen LogP contribution in [-0.2, 0) is 16.1 Å². The van der Waals surface area contributed by atoms with Gasteiger partial charge in [-0.25, -0.2) is 14.7 Å². The van der Waals surface area contributed by atoms with E-state index in [1.165, 1.54) is 9.47 Å². The highest BCUT2D eigenvalue weighted by Crippen LogP contribution is 2.22. The Bertz CT molecular complexity index is 599. The molecule has 1 aromatic rings. The summed E-state index contributed by atoms with van der Waals surface area (Å²) in [4.78, 5) is 36.7. The second-order valence-electron chi connectivity index (χ2n) is 4.79. The summed E-state index contributed by atoms with van der Waals surface area (Å²) < 4.78 is 6.43. The third-order valence-electron chi connectivity index (χ3n) is 3.21. The molecule has 0 unspecified atom stereocenters.